The molecule has 1 heterocycles. The number of hydrogen-bond acceptors (Lipinski definition) is 5. The minimum Gasteiger partial charge on any atom is -0.504 e. The van der Waals surface area contributed by atoms with E-state index in [-0.39, 0.29) is 28.4 Å². The third-order valence-corrected chi connectivity index (χ3v) is 3.22. The van der Waals surface area contributed by atoms with Crippen molar-refractivity contribution in [1.82, 2.24) is 0 Å². The highest BCUT2D eigenvalue weighted by Crippen LogP contribution is 2.44. The van der Waals surface area contributed by atoms with Crippen LogP contribution in [0.2, 0.25) is 0 Å². The number of rotatable bonds is 2. The Hall–Kier alpha value is -3.28. The number of ketones is 1. The van der Waals surface area contributed by atoms with Gasteiger partial charge < -0.3 is 20.1 Å². The molecule has 1 aliphatic rings. The Bertz CT molecular complexity index is 835. The van der Waals surface area contributed by atoms with Crippen LogP contribution >= 0.6 is 0 Å². The molecule has 6 nitrogen and oxygen atoms in total. The molecule has 0 saturated heterocycles. The lowest BCUT2D eigenvalue weighted by atomic mass is 10.1. The van der Waals surface area contributed by atoms with Crippen LogP contribution in [0.5, 0.6) is 17.2 Å². The Balaban J connectivity index is 2.01. The number of aromatic hydroxyl groups is 2. The molecule has 0 radical (unpaired) electrons. The fourth-order valence-corrected chi connectivity index (χ4v) is 2.14. The molecule has 0 atom stereocenters. The molecule has 0 bridgehead atoms. The highest BCUT2D eigenvalue weighted by molar-refractivity contribution is 6.15. The van der Waals surface area contributed by atoms with Crippen LogP contribution < -0.4 is 4.74 Å². The van der Waals surface area contributed by atoms with Crippen LogP contribution in [0, 0.1) is 0 Å². The number of aromatic carboxylic acids is 1. The smallest absolute Gasteiger partial charge is 0.335 e. The fourth-order valence-electron chi connectivity index (χ4n) is 2.14. The van der Waals surface area contributed by atoms with E-state index in [1.54, 1.807) is 12.1 Å². The summed E-state index contributed by atoms with van der Waals surface area (Å²) in [5.74, 6) is -2.59. The van der Waals surface area contributed by atoms with E-state index in [2.05, 4.69) is 0 Å². The Labute approximate surface area is 124 Å². The van der Waals surface area contributed by atoms with Crippen LogP contribution in [0.4, 0.5) is 0 Å². The molecule has 3 N–H and O–H groups in total. The van der Waals surface area contributed by atoms with E-state index in [9.17, 15) is 19.8 Å². The average Bonchev–Trinajstić information content (AvgIpc) is 2.81. The molecule has 0 aromatic heterocycles. The van der Waals surface area contributed by atoms with Gasteiger partial charge >= 0.3 is 5.97 Å². The third kappa shape index (κ3) is 2.16. The number of benzene rings is 2. The molecule has 0 saturated carbocycles. The zero-order valence-corrected chi connectivity index (χ0v) is 11.1. The van der Waals surface area contributed by atoms with E-state index >= 15 is 0 Å². The molecule has 22 heavy (non-hydrogen) atoms. The number of carbonyl (C=O) groups excluding carboxylic acids is 1. The summed E-state index contributed by atoms with van der Waals surface area (Å²) in [7, 11) is 0. The molecule has 0 amide bonds. The summed E-state index contributed by atoms with van der Waals surface area (Å²) in [5, 5.41) is 28.1. The van der Waals surface area contributed by atoms with Crippen molar-refractivity contribution in [1.29, 1.82) is 0 Å². The molecule has 2 aromatic carbocycles. The van der Waals surface area contributed by atoms with Gasteiger partial charge in [0.05, 0.1) is 11.1 Å². The number of allylic oxidation sites excluding steroid dienone is 1. The van der Waals surface area contributed by atoms with Crippen molar-refractivity contribution in [3.63, 3.8) is 0 Å². The number of fused-ring (bicyclic) bond motifs is 1. The lowest BCUT2D eigenvalue weighted by Crippen LogP contribution is -1.99. The summed E-state index contributed by atoms with van der Waals surface area (Å²) in [6.07, 6.45) is 1.38. The number of ether oxygens (including phenoxy) is 1. The van der Waals surface area contributed by atoms with Crippen LogP contribution in [-0.4, -0.2) is 27.1 Å². The predicted octanol–water partition coefficient (Wildman–Crippen LogP) is 2.41. The monoisotopic (exact) mass is 298 g/mol. The van der Waals surface area contributed by atoms with Gasteiger partial charge in [-0.3, -0.25) is 4.79 Å². The van der Waals surface area contributed by atoms with Gasteiger partial charge in [-0.15, -0.1) is 0 Å². The zero-order valence-electron chi connectivity index (χ0n) is 11.1. The van der Waals surface area contributed by atoms with Crippen molar-refractivity contribution in [2.24, 2.45) is 0 Å². The first-order valence-corrected chi connectivity index (χ1v) is 6.30. The van der Waals surface area contributed by atoms with Crippen molar-refractivity contribution >= 4 is 17.8 Å². The summed E-state index contributed by atoms with van der Waals surface area (Å²) in [6, 6.07) is 8.54. The van der Waals surface area contributed by atoms with Crippen LogP contribution in [0.25, 0.3) is 6.08 Å². The van der Waals surface area contributed by atoms with Gasteiger partial charge in [0.1, 0.15) is 0 Å². The maximum Gasteiger partial charge on any atom is 0.335 e. The highest BCUT2D eigenvalue weighted by Gasteiger charge is 2.31. The minimum absolute atomic E-state index is 0.0570. The SMILES string of the molecule is O=C(O)c1cccc(/C=C2/Oc3c(ccc(O)c3O)C2=O)c1. The Kier molecular flexibility index (Phi) is 3.06. The van der Waals surface area contributed by atoms with Crippen molar-refractivity contribution in [2.45, 2.75) is 0 Å². The van der Waals surface area contributed by atoms with Crippen molar-refractivity contribution in [3.05, 3.63) is 58.8 Å². The lowest BCUT2D eigenvalue weighted by Gasteiger charge is -2.02. The van der Waals surface area contributed by atoms with Crippen molar-refractivity contribution in [3.8, 4) is 17.2 Å². The quantitative estimate of drug-likeness (QED) is 0.581. The van der Waals surface area contributed by atoms with Crippen LogP contribution in [0.1, 0.15) is 26.3 Å². The highest BCUT2D eigenvalue weighted by atomic mass is 16.5. The van der Waals surface area contributed by atoms with Gasteiger partial charge in [-0.1, -0.05) is 12.1 Å². The summed E-state index contributed by atoms with van der Waals surface area (Å²) in [6.45, 7) is 0. The van der Waals surface area contributed by atoms with E-state index in [4.69, 9.17) is 9.84 Å². The van der Waals surface area contributed by atoms with Crippen LogP contribution in [-0.2, 0) is 0 Å². The Morgan fingerprint density at radius 2 is 1.91 bits per heavy atom. The number of carboxylic acids is 1. The first-order valence-electron chi connectivity index (χ1n) is 6.30. The van der Waals surface area contributed by atoms with Crippen LogP contribution in [0.3, 0.4) is 0 Å². The van der Waals surface area contributed by atoms with E-state index in [0.29, 0.717) is 5.56 Å². The summed E-state index contributed by atoms with van der Waals surface area (Å²) < 4.78 is 5.29. The van der Waals surface area contributed by atoms with Gasteiger partial charge in [0.2, 0.25) is 11.5 Å². The van der Waals surface area contributed by atoms with E-state index in [0.717, 1.165) is 0 Å². The molecule has 2 aromatic rings. The van der Waals surface area contributed by atoms with Crippen molar-refractivity contribution in [2.75, 3.05) is 0 Å². The van der Waals surface area contributed by atoms with E-state index in [1.165, 1.54) is 30.3 Å². The van der Waals surface area contributed by atoms with Gasteiger partial charge in [-0.25, -0.2) is 4.79 Å². The summed E-state index contributed by atoms with van der Waals surface area (Å²) in [4.78, 5) is 23.1. The fraction of sp³-hybridized carbons (Fsp3) is 0. The molecule has 6 heteroatoms. The van der Waals surface area contributed by atoms with E-state index < -0.39 is 17.5 Å². The minimum atomic E-state index is -1.08. The number of carbonyl (C=O) groups is 2. The topological polar surface area (TPSA) is 104 Å². The van der Waals surface area contributed by atoms with Crippen LogP contribution in [0.15, 0.2) is 42.2 Å². The van der Waals surface area contributed by atoms with E-state index in [1.807, 2.05) is 0 Å². The lowest BCUT2D eigenvalue weighted by molar-refractivity contribution is 0.0696. The standard InChI is InChI=1S/C16H10O6/c17-11-5-4-10-13(18)12(22-15(10)14(11)19)7-8-2-1-3-9(6-8)16(20)21/h1-7,17,19H,(H,20,21)/b12-7+. The molecule has 3 rings (SSSR count). The van der Waals surface area contributed by atoms with Crippen molar-refractivity contribution < 1.29 is 29.6 Å². The Morgan fingerprint density at radius 3 is 2.64 bits per heavy atom. The largest absolute Gasteiger partial charge is 0.504 e. The number of Topliss-reactive ketones (excluding diaryl/α,β-unsaturated/α-hetero) is 1. The molecule has 0 fully saturated rings. The number of phenolic OH excluding ortho intramolecular Hbond substituents is 2. The maximum absolute atomic E-state index is 12.2. The summed E-state index contributed by atoms with van der Waals surface area (Å²) >= 11 is 0. The number of phenols is 2. The second-order valence-electron chi connectivity index (χ2n) is 4.68. The second-order valence-corrected chi connectivity index (χ2v) is 4.68. The first kappa shape index (κ1) is 13.7. The zero-order chi connectivity index (χ0) is 15.9. The second kappa shape index (κ2) is 4.92. The molecule has 0 unspecified atom stereocenters. The third-order valence-electron chi connectivity index (χ3n) is 3.22. The van der Waals surface area contributed by atoms with Gasteiger partial charge in [-0.2, -0.15) is 0 Å². The van der Waals surface area contributed by atoms with Gasteiger partial charge in [0, 0.05) is 0 Å². The Morgan fingerprint density at radius 1 is 1.14 bits per heavy atom. The average molecular weight is 298 g/mol. The predicted molar refractivity (Wildman–Crippen MR) is 76.1 cm³/mol. The van der Waals surface area contributed by atoms with Gasteiger partial charge in [0.25, 0.3) is 0 Å². The normalized spacial score (nSPS) is 14.7. The number of carboxylic acid groups (broad SMARTS) is 1. The first-order chi connectivity index (χ1) is 10.5. The van der Waals surface area contributed by atoms with Gasteiger partial charge in [0.15, 0.2) is 17.3 Å². The number of hydrogen-bond donors (Lipinski definition) is 3. The maximum atomic E-state index is 12.2. The molecule has 1 aliphatic heterocycles. The summed E-state index contributed by atoms with van der Waals surface area (Å²) in [5.41, 5.74) is 0.688. The molecular weight excluding hydrogens is 288 g/mol. The molecule has 0 aliphatic carbocycles. The molecule has 0 spiro atoms. The van der Waals surface area contributed by atoms with Gasteiger partial charge in [-0.05, 0) is 35.9 Å². The molecular formula is C16H10O6. The molecule has 110 valence electrons.